The average molecular weight is 376 g/mol. The number of hydrogen-bond acceptors (Lipinski definition) is 3. The number of nitrogens with one attached hydrogen (secondary N) is 1. The third kappa shape index (κ3) is 4.38. The molecule has 0 radical (unpaired) electrons. The molecule has 2 N–H and O–H groups in total. The molecule has 0 aliphatic heterocycles. The number of aromatic hydroxyl groups is 1. The van der Waals surface area contributed by atoms with Crippen molar-refractivity contribution in [1.29, 1.82) is 0 Å². The fourth-order valence-corrected chi connectivity index (χ4v) is 3.68. The van der Waals surface area contributed by atoms with E-state index in [0.29, 0.717) is 17.3 Å². The lowest BCUT2D eigenvalue weighted by atomic mass is 10.2. The van der Waals surface area contributed by atoms with Crippen molar-refractivity contribution < 1.29 is 5.11 Å². The molecule has 0 heterocycles. The molecule has 0 saturated carbocycles. The number of rotatable bonds is 5. The number of phenols is 1. The first-order valence-corrected chi connectivity index (χ1v) is 8.93. The Kier molecular flexibility index (Phi) is 5.56. The van der Waals surface area contributed by atoms with E-state index in [1.54, 1.807) is 30.0 Å². The van der Waals surface area contributed by atoms with Crippen molar-refractivity contribution in [3.63, 3.8) is 0 Å². The van der Waals surface area contributed by atoms with Gasteiger partial charge in [-0.1, -0.05) is 59.2 Å². The van der Waals surface area contributed by atoms with Gasteiger partial charge in [0.1, 0.15) is 5.75 Å². The number of benzene rings is 3. The lowest BCUT2D eigenvalue weighted by molar-refractivity contribution is 0.477. The molecule has 2 nitrogen and oxygen atoms in total. The molecule has 5 heteroatoms. The van der Waals surface area contributed by atoms with Crippen molar-refractivity contribution in [2.75, 3.05) is 5.32 Å². The number of anilines is 1. The molecule has 0 bridgehead atoms. The van der Waals surface area contributed by atoms with Gasteiger partial charge >= 0.3 is 0 Å². The van der Waals surface area contributed by atoms with Crippen LogP contribution in [0.15, 0.2) is 76.5 Å². The summed E-state index contributed by atoms with van der Waals surface area (Å²) in [6.45, 7) is 0.581. The smallest absolute Gasteiger partial charge is 0.138 e. The molecule has 0 unspecified atom stereocenters. The van der Waals surface area contributed by atoms with Gasteiger partial charge in [0.25, 0.3) is 0 Å². The van der Waals surface area contributed by atoms with E-state index < -0.39 is 0 Å². The van der Waals surface area contributed by atoms with Crippen LogP contribution in [0.4, 0.5) is 5.69 Å². The molecule has 0 aromatic heterocycles. The SMILES string of the molecule is Oc1ccc(Cl)cc1NCc1ccccc1Sc1cccc(Cl)c1. The van der Waals surface area contributed by atoms with E-state index >= 15 is 0 Å². The normalized spacial score (nSPS) is 10.6. The molecule has 0 aliphatic carbocycles. The molecule has 0 saturated heterocycles. The van der Waals surface area contributed by atoms with Crippen LogP contribution in [0.1, 0.15) is 5.56 Å². The summed E-state index contributed by atoms with van der Waals surface area (Å²) in [5.74, 6) is 0.180. The largest absolute Gasteiger partial charge is 0.506 e. The zero-order valence-corrected chi connectivity index (χ0v) is 15.0. The molecule has 0 fully saturated rings. The predicted molar refractivity (Wildman–Crippen MR) is 102 cm³/mol. The minimum Gasteiger partial charge on any atom is -0.506 e. The maximum absolute atomic E-state index is 9.91. The van der Waals surface area contributed by atoms with Crippen LogP contribution < -0.4 is 5.32 Å². The molecule has 24 heavy (non-hydrogen) atoms. The van der Waals surface area contributed by atoms with Crippen molar-refractivity contribution in [1.82, 2.24) is 0 Å². The summed E-state index contributed by atoms with van der Waals surface area (Å²) in [7, 11) is 0. The van der Waals surface area contributed by atoms with Crippen LogP contribution in [-0.4, -0.2) is 5.11 Å². The van der Waals surface area contributed by atoms with Gasteiger partial charge in [0, 0.05) is 26.4 Å². The van der Waals surface area contributed by atoms with Gasteiger partial charge in [0.05, 0.1) is 5.69 Å². The van der Waals surface area contributed by atoms with Gasteiger partial charge in [-0.05, 0) is 48.0 Å². The fourth-order valence-electron chi connectivity index (χ4n) is 2.25. The second kappa shape index (κ2) is 7.84. The highest BCUT2D eigenvalue weighted by Gasteiger charge is 2.07. The van der Waals surface area contributed by atoms with E-state index in [9.17, 15) is 5.11 Å². The van der Waals surface area contributed by atoms with Crippen LogP contribution in [0.25, 0.3) is 0 Å². The molecular formula is C19H15Cl2NOS. The van der Waals surface area contributed by atoms with Crippen molar-refractivity contribution >= 4 is 40.7 Å². The average Bonchev–Trinajstić information content (AvgIpc) is 2.57. The standard InChI is InChI=1S/C19H15Cl2NOS/c20-14-5-3-6-16(10-14)24-19-7-2-1-4-13(19)12-22-17-11-15(21)8-9-18(17)23/h1-11,22-23H,12H2. The predicted octanol–water partition coefficient (Wildman–Crippen LogP) is 6.46. The van der Waals surface area contributed by atoms with Crippen LogP contribution in [0, 0.1) is 0 Å². The first-order valence-electron chi connectivity index (χ1n) is 7.35. The van der Waals surface area contributed by atoms with Crippen molar-refractivity contribution in [3.05, 3.63) is 82.3 Å². The highest BCUT2D eigenvalue weighted by Crippen LogP contribution is 2.33. The van der Waals surface area contributed by atoms with Crippen LogP contribution in [-0.2, 0) is 6.54 Å². The Bertz CT molecular complexity index is 854. The summed E-state index contributed by atoms with van der Waals surface area (Å²) in [6, 6.07) is 20.9. The molecule has 0 spiro atoms. The lowest BCUT2D eigenvalue weighted by Gasteiger charge is -2.12. The molecular weight excluding hydrogens is 361 g/mol. The highest BCUT2D eigenvalue weighted by molar-refractivity contribution is 7.99. The molecule has 3 aromatic rings. The van der Waals surface area contributed by atoms with Gasteiger partial charge < -0.3 is 10.4 Å². The Hall–Kier alpha value is -1.81. The fraction of sp³-hybridized carbons (Fsp3) is 0.0526. The zero-order chi connectivity index (χ0) is 16.9. The molecule has 3 aromatic carbocycles. The van der Waals surface area contributed by atoms with Gasteiger partial charge in [-0.2, -0.15) is 0 Å². The van der Waals surface area contributed by atoms with Crippen LogP contribution in [0.5, 0.6) is 5.75 Å². The van der Waals surface area contributed by atoms with Gasteiger partial charge in [-0.25, -0.2) is 0 Å². The monoisotopic (exact) mass is 375 g/mol. The molecule has 0 aliphatic rings. The van der Waals surface area contributed by atoms with Gasteiger partial charge in [0.15, 0.2) is 0 Å². The van der Waals surface area contributed by atoms with Crippen LogP contribution in [0.2, 0.25) is 10.0 Å². The summed E-state index contributed by atoms with van der Waals surface area (Å²) in [6.07, 6.45) is 0. The molecule has 0 atom stereocenters. The summed E-state index contributed by atoms with van der Waals surface area (Å²) in [5.41, 5.74) is 1.74. The number of halogens is 2. The minimum atomic E-state index is 0.180. The zero-order valence-electron chi connectivity index (χ0n) is 12.7. The topological polar surface area (TPSA) is 32.3 Å². The molecule has 122 valence electrons. The first-order chi connectivity index (χ1) is 11.6. The Morgan fingerprint density at radius 1 is 0.875 bits per heavy atom. The van der Waals surface area contributed by atoms with Crippen LogP contribution >= 0.6 is 35.0 Å². The van der Waals surface area contributed by atoms with E-state index in [1.165, 1.54) is 0 Å². The summed E-state index contributed by atoms with van der Waals surface area (Å²) in [4.78, 5) is 2.22. The maximum atomic E-state index is 9.91. The first kappa shape index (κ1) is 17.0. The molecule has 0 amide bonds. The third-order valence-electron chi connectivity index (χ3n) is 3.42. The van der Waals surface area contributed by atoms with E-state index in [0.717, 1.165) is 20.4 Å². The summed E-state index contributed by atoms with van der Waals surface area (Å²) in [5, 5.41) is 14.4. The van der Waals surface area contributed by atoms with Crippen molar-refractivity contribution in [2.45, 2.75) is 16.3 Å². The van der Waals surface area contributed by atoms with E-state index in [1.807, 2.05) is 36.4 Å². The number of hydrogen-bond donors (Lipinski definition) is 2. The molecule has 3 rings (SSSR count). The highest BCUT2D eigenvalue weighted by atomic mass is 35.5. The Morgan fingerprint density at radius 3 is 2.50 bits per heavy atom. The van der Waals surface area contributed by atoms with Crippen molar-refractivity contribution in [2.24, 2.45) is 0 Å². The Morgan fingerprint density at radius 2 is 1.67 bits per heavy atom. The second-order valence-corrected chi connectivity index (χ2v) is 7.17. The quantitative estimate of drug-likeness (QED) is 0.501. The summed E-state index contributed by atoms with van der Waals surface area (Å²) < 4.78 is 0. The van der Waals surface area contributed by atoms with Gasteiger partial charge in [0.2, 0.25) is 0 Å². The Labute approximate surface area is 155 Å². The second-order valence-electron chi connectivity index (χ2n) is 5.18. The van der Waals surface area contributed by atoms with E-state index in [2.05, 4.69) is 17.4 Å². The Balaban J connectivity index is 1.78. The lowest BCUT2D eigenvalue weighted by Crippen LogP contribution is -2.01. The van der Waals surface area contributed by atoms with E-state index in [-0.39, 0.29) is 5.75 Å². The summed E-state index contributed by atoms with van der Waals surface area (Å²) >= 11 is 13.7. The van der Waals surface area contributed by atoms with Gasteiger partial charge in [-0.3, -0.25) is 0 Å². The third-order valence-corrected chi connectivity index (χ3v) is 5.00. The van der Waals surface area contributed by atoms with Crippen LogP contribution in [0.3, 0.4) is 0 Å². The maximum Gasteiger partial charge on any atom is 0.138 e. The van der Waals surface area contributed by atoms with E-state index in [4.69, 9.17) is 23.2 Å². The minimum absolute atomic E-state index is 0.180. The number of phenolic OH excluding ortho intramolecular Hbond substituents is 1. The van der Waals surface area contributed by atoms with Crippen molar-refractivity contribution in [3.8, 4) is 5.75 Å². The van der Waals surface area contributed by atoms with Gasteiger partial charge in [-0.15, -0.1) is 0 Å².